The van der Waals surface area contributed by atoms with Crippen LogP contribution in [0.15, 0.2) is 60.2 Å². The molecule has 9 rings (SSSR count). The second kappa shape index (κ2) is 21.8. The molecule has 3 aromatic rings. The number of aliphatic carboxylic acids is 4. The summed E-state index contributed by atoms with van der Waals surface area (Å²) in [5.41, 5.74) is -0.837. The van der Waals surface area contributed by atoms with E-state index in [4.69, 9.17) is 63.9 Å². The van der Waals surface area contributed by atoms with E-state index in [0.29, 0.717) is 61.7 Å². The quantitative estimate of drug-likeness (QED) is 0.0633. The summed E-state index contributed by atoms with van der Waals surface area (Å²) in [4.78, 5) is 92.2. The number of aliphatic hydroxyl groups is 5. The molecule has 2 fully saturated rings. The van der Waals surface area contributed by atoms with Gasteiger partial charge in [-0.05, 0) is 61.4 Å². The second-order valence-electron chi connectivity index (χ2n) is 20.2. The fourth-order valence-electron chi connectivity index (χ4n) is 13.3. The zero-order valence-corrected chi connectivity index (χ0v) is 43.0. The Morgan fingerprint density at radius 2 is 1.47 bits per heavy atom. The molecular weight excluding hydrogens is 1010 g/mol. The predicted molar refractivity (Wildman–Crippen MR) is 269 cm³/mol. The largest absolute Gasteiger partial charge is 0.496 e. The second-order valence-corrected chi connectivity index (χ2v) is 20.2. The number of aliphatic hydroxyl groups excluding tert-OH is 4. The SMILES string of the molecule is O=C(O)[C@H](O)[C@@H](O)C(=O)O.O=C(O)[C@H](O)[C@@H](O)C(=O)O.[2H]C([2H])([2H])OC(=O)[C@]1(c2cc3c(cc2OC)N(C)[C@H]2[C@@](O)(C(=O)OC)[C@H](OC(C)=O)[C@]4(CC)C=CCN5CC[C@]32[C@@H]54)CC2C=C(CC)CN(Cc3c1[nH]c1ccccc31)C2. The standard InChI is InChI=1S/C45H54N4O8.2C4H6O6/c1-8-27-19-28-22-44(40(51)55-6,36-30(25-48(23-27)24-28)29-13-10-11-14-33(29)46-36)32-20-31-34(21-35(32)54-5)47(4)38-43(31)16-18-49-17-12-15-42(9-2,37(43)49)39(57-26(3)50)45(38,53)41(52)56-7;2*5-1(3(7)8)2(6)4(9)10/h10-15,19-21,28,37-39,46,53H,8-9,16-18,22-25H2,1-7H3;2*1-2,5-6H,(H,7,8)(H,9,10)/t28?,37-,38+,39+,42+,43+,44-,45-;2*1-,2-/m011/s1/i6D3;;. The number of carbonyl (C=O) groups excluding carboxylic acids is 3. The molecule has 2 bridgehead atoms. The maximum atomic E-state index is 15.5. The number of benzene rings is 2. The van der Waals surface area contributed by atoms with Gasteiger partial charge in [-0.15, -0.1) is 0 Å². The van der Waals surface area contributed by atoms with Crippen molar-refractivity contribution in [3.8, 4) is 5.75 Å². The lowest BCUT2D eigenvalue weighted by Crippen LogP contribution is -2.81. The number of carboxylic acids is 4. The highest BCUT2D eigenvalue weighted by Crippen LogP contribution is 2.68. The van der Waals surface area contributed by atoms with Crippen molar-refractivity contribution in [2.24, 2.45) is 11.3 Å². The van der Waals surface area contributed by atoms with Crippen LogP contribution in [0.25, 0.3) is 10.9 Å². The third-order valence-electron chi connectivity index (χ3n) is 16.3. The van der Waals surface area contributed by atoms with Crippen LogP contribution < -0.4 is 9.64 Å². The molecule has 1 spiro atoms. The van der Waals surface area contributed by atoms with Gasteiger partial charge in [0.15, 0.2) is 30.5 Å². The van der Waals surface area contributed by atoms with E-state index < -0.39 is 107 Å². The molecule has 10 N–H and O–H groups in total. The van der Waals surface area contributed by atoms with E-state index in [1.807, 2.05) is 67.4 Å². The minimum Gasteiger partial charge on any atom is -0.496 e. The van der Waals surface area contributed by atoms with Crippen molar-refractivity contribution in [3.05, 3.63) is 82.6 Å². The van der Waals surface area contributed by atoms with E-state index in [1.165, 1.54) is 26.7 Å². The van der Waals surface area contributed by atoms with Gasteiger partial charge in [0.05, 0.1) is 31.4 Å². The van der Waals surface area contributed by atoms with Crippen molar-refractivity contribution >= 4 is 58.4 Å². The first-order chi connectivity index (χ1) is 37.5. The molecule has 2 aromatic carbocycles. The number of fused-ring (bicyclic) bond motifs is 6. The Labute approximate surface area is 445 Å². The van der Waals surface area contributed by atoms with Crippen LogP contribution in [0, 0.1) is 11.3 Å². The van der Waals surface area contributed by atoms with Crippen molar-refractivity contribution < 1.29 is 103 Å². The number of rotatable bonds is 13. The molecule has 1 aliphatic carbocycles. The number of nitrogens with one attached hydrogen (secondary N) is 1. The van der Waals surface area contributed by atoms with E-state index in [-0.39, 0.29) is 18.4 Å². The Hall–Kier alpha value is -6.93. The Bertz CT molecular complexity index is 2950. The third kappa shape index (κ3) is 9.27. The molecule has 1 saturated heterocycles. The number of H-pyrrole nitrogens is 1. The first-order valence-electron chi connectivity index (χ1n) is 26.2. The Morgan fingerprint density at radius 1 is 0.844 bits per heavy atom. The van der Waals surface area contributed by atoms with Crippen LogP contribution in [0.3, 0.4) is 0 Å². The van der Waals surface area contributed by atoms with Crippen molar-refractivity contribution in [3.63, 3.8) is 0 Å². The predicted octanol–water partition coefficient (Wildman–Crippen LogP) is 0.508. The lowest BCUT2D eigenvalue weighted by atomic mass is 9.47. The van der Waals surface area contributed by atoms with Crippen molar-refractivity contribution in [1.82, 2.24) is 14.8 Å². The van der Waals surface area contributed by atoms with E-state index in [1.54, 1.807) is 0 Å². The number of para-hydroxylation sites is 1. The van der Waals surface area contributed by atoms with Crippen LogP contribution in [0.1, 0.15) is 73.0 Å². The molecule has 418 valence electrons. The highest BCUT2D eigenvalue weighted by molar-refractivity contribution is 5.95. The number of likely N-dealkylation sites (N-methyl/N-ethyl adjacent to an activating group) is 1. The molecule has 24 nitrogen and oxygen atoms in total. The summed E-state index contributed by atoms with van der Waals surface area (Å²) < 4.78 is 48.3. The summed E-state index contributed by atoms with van der Waals surface area (Å²) in [7, 11) is 1.49. The van der Waals surface area contributed by atoms with E-state index in [9.17, 15) is 33.9 Å². The van der Waals surface area contributed by atoms with Gasteiger partial charge in [0.25, 0.3) is 0 Å². The maximum absolute atomic E-state index is 15.5. The van der Waals surface area contributed by atoms with Gasteiger partial charge < -0.3 is 74.8 Å². The van der Waals surface area contributed by atoms with Crippen LogP contribution in [0.2, 0.25) is 0 Å². The summed E-state index contributed by atoms with van der Waals surface area (Å²) in [6.45, 7) is 8.50. The first kappa shape index (κ1) is 53.5. The summed E-state index contributed by atoms with van der Waals surface area (Å²) >= 11 is 0. The number of anilines is 1. The molecule has 2 unspecified atom stereocenters. The van der Waals surface area contributed by atoms with Gasteiger partial charge in [-0.1, -0.05) is 55.8 Å². The minimum absolute atomic E-state index is 0.168. The molecule has 77 heavy (non-hydrogen) atoms. The number of aromatic nitrogens is 1. The lowest BCUT2D eigenvalue weighted by Gasteiger charge is -2.63. The monoisotopic (exact) mass is 1080 g/mol. The lowest BCUT2D eigenvalue weighted by molar-refractivity contribution is -0.228. The van der Waals surface area contributed by atoms with Crippen molar-refractivity contribution in [2.45, 2.75) is 112 Å². The molecule has 1 aromatic heterocycles. The average Bonchev–Trinajstić information content (AvgIpc) is 3.20. The Kier molecular flexibility index (Phi) is 15.2. The molecular formula is C53H66N4O20. The van der Waals surface area contributed by atoms with Gasteiger partial charge in [-0.3, -0.25) is 19.4 Å². The molecule has 6 heterocycles. The topological polar surface area (TPSA) is 364 Å². The molecule has 0 amide bonds. The smallest absolute Gasteiger partial charge is 0.344 e. The maximum Gasteiger partial charge on any atom is 0.344 e. The zero-order chi connectivity index (χ0) is 59.4. The van der Waals surface area contributed by atoms with Gasteiger partial charge in [-0.25, -0.2) is 24.0 Å². The van der Waals surface area contributed by atoms with Gasteiger partial charge in [-0.2, -0.15) is 0 Å². The molecule has 6 aliphatic rings. The normalized spacial score (nSPS) is 30.7. The van der Waals surface area contributed by atoms with Gasteiger partial charge in [0.1, 0.15) is 11.2 Å². The van der Waals surface area contributed by atoms with Crippen molar-refractivity contribution in [2.75, 3.05) is 59.4 Å². The summed E-state index contributed by atoms with van der Waals surface area (Å²) in [6, 6.07) is 10.3. The van der Waals surface area contributed by atoms with Crippen LogP contribution >= 0.6 is 0 Å². The van der Waals surface area contributed by atoms with E-state index >= 15 is 4.79 Å². The van der Waals surface area contributed by atoms with Crippen molar-refractivity contribution in [1.29, 1.82) is 0 Å². The highest BCUT2D eigenvalue weighted by Gasteiger charge is 2.80. The average molecular weight is 1080 g/mol. The zero-order valence-electron chi connectivity index (χ0n) is 46.0. The van der Waals surface area contributed by atoms with Gasteiger partial charge in [0, 0.05) is 90.9 Å². The van der Waals surface area contributed by atoms with Crippen LogP contribution in [0.4, 0.5) is 5.69 Å². The fourth-order valence-corrected chi connectivity index (χ4v) is 13.3. The number of carboxylic acid groups (broad SMARTS) is 4. The molecule has 24 heteroatoms. The first-order valence-corrected chi connectivity index (χ1v) is 24.7. The van der Waals surface area contributed by atoms with Gasteiger partial charge in [0.2, 0.25) is 5.60 Å². The third-order valence-corrected chi connectivity index (χ3v) is 16.3. The Morgan fingerprint density at radius 3 is 2.01 bits per heavy atom. The van der Waals surface area contributed by atoms with Crippen LogP contribution in [-0.4, -0.2) is 205 Å². The number of methoxy groups -OCH3 is 3. The van der Waals surface area contributed by atoms with E-state index in [0.717, 1.165) is 35.0 Å². The number of hydrogen-bond acceptors (Lipinski definition) is 19. The number of carbonyl (C=O) groups is 7. The van der Waals surface area contributed by atoms with E-state index in [2.05, 4.69) is 27.8 Å². The number of hydrogen-bond donors (Lipinski definition) is 10. The molecule has 0 radical (unpaired) electrons. The van der Waals surface area contributed by atoms with Crippen LogP contribution in [-0.2, 0) is 65.1 Å². The summed E-state index contributed by atoms with van der Waals surface area (Å²) in [5, 5.41) is 79.3. The number of ether oxygens (including phenoxy) is 4. The van der Waals surface area contributed by atoms with Gasteiger partial charge >= 0.3 is 41.8 Å². The minimum atomic E-state index is -3.07. The summed E-state index contributed by atoms with van der Waals surface area (Å²) in [5.74, 6) is -9.42. The van der Waals surface area contributed by atoms with Crippen LogP contribution in [0.5, 0.6) is 5.75 Å². The molecule has 5 aliphatic heterocycles. The number of nitrogens with zero attached hydrogens (tertiary/aromatic N) is 3. The molecule has 1 saturated carbocycles. The Balaban J connectivity index is 0.000000393. The highest BCUT2D eigenvalue weighted by atomic mass is 16.6. The fraction of sp³-hybridized carbons (Fsp3) is 0.528. The molecule has 13 atom stereocenters. The summed E-state index contributed by atoms with van der Waals surface area (Å²) in [6.07, 6.45) is -2.21. The number of esters is 3. The number of aromatic amines is 1.